The summed E-state index contributed by atoms with van der Waals surface area (Å²) in [4.78, 5) is 25.4. The molecule has 0 radical (unpaired) electrons. The molecule has 2 aromatic carbocycles. The van der Waals surface area contributed by atoms with Crippen molar-refractivity contribution in [1.29, 1.82) is 0 Å². The molecule has 1 N–H and O–H groups in total. The van der Waals surface area contributed by atoms with Crippen LogP contribution in [0.2, 0.25) is 0 Å². The van der Waals surface area contributed by atoms with E-state index in [2.05, 4.69) is 15.0 Å². The van der Waals surface area contributed by atoms with Crippen LogP contribution in [0.1, 0.15) is 16.6 Å². The lowest BCUT2D eigenvalue weighted by Crippen LogP contribution is -2.03. The van der Waals surface area contributed by atoms with Gasteiger partial charge in [-0.15, -0.1) is 11.3 Å². The first-order valence-electron chi connectivity index (χ1n) is 7.94. The summed E-state index contributed by atoms with van der Waals surface area (Å²) in [7, 11) is 0. The first-order chi connectivity index (χ1) is 12.3. The van der Waals surface area contributed by atoms with E-state index in [1.54, 1.807) is 6.92 Å². The number of benzene rings is 2. The second-order valence-corrected chi connectivity index (χ2v) is 6.38. The average Bonchev–Trinajstić information content (AvgIpc) is 3.27. The van der Waals surface area contributed by atoms with Crippen LogP contribution in [0.3, 0.4) is 0 Å². The molecule has 0 unspecified atom stereocenters. The summed E-state index contributed by atoms with van der Waals surface area (Å²) >= 11 is 1.29. The van der Waals surface area contributed by atoms with Gasteiger partial charge in [-0.1, -0.05) is 42.5 Å². The number of nitrogens with zero attached hydrogens (tertiary/aromatic N) is 2. The number of esters is 1. The van der Waals surface area contributed by atoms with E-state index in [0.717, 1.165) is 16.6 Å². The normalized spacial score (nSPS) is 10.9. The van der Waals surface area contributed by atoms with Crippen molar-refractivity contribution in [3.8, 4) is 22.1 Å². The summed E-state index contributed by atoms with van der Waals surface area (Å²) in [6, 6.07) is 17.4. The Hall–Kier alpha value is -2.99. The van der Waals surface area contributed by atoms with Crippen LogP contribution in [0.15, 0.2) is 54.6 Å². The number of carbonyl (C=O) groups is 1. The fourth-order valence-electron chi connectivity index (χ4n) is 2.60. The molecular weight excluding hydrogens is 334 g/mol. The van der Waals surface area contributed by atoms with Crippen LogP contribution < -0.4 is 0 Å². The van der Waals surface area contributed by atoms with Gasteiger partial charge in [0, 0.05) is 5.56 Å². The van der Waals surface area contributed by atoms with Gasteiger partial charge in [0.25, 0.3) is 0 Å². The minimum atomic E-state index is -0.360. The Kier molecular flexibility index (Phi) is 4.03. The molecule has 0 atom stereocenters. The van der Waals surface area contributed by atoms with E-state index in [1.807, 2.05) is 54.6 Å². The van der Waals surface area contributed by atoms with Gasteiger partial charge in [-0.05, 0) is 19.1 Å². The number of thiazole rings is 1. The van der Waals surface area contributed by atoms with Crippen molar-refractivity contribution in [3.63, 3.8) is 0 Å². The maximum absolute atomic E-state index is 12.4. The Bertz CT molecular complexity index is 1000. The highest BCUT2D eigenvalue weighted by molar-refractivity contribution is 7.17. The number of H-pyrrole nitrogens is 1. The van der Waals surface area contributed by atoms with E-state index < -0.39 is 0 Å². The molecule has 0 bridgehead atoms. The number of hydrogen-bond acceptors (Lipinski definition) is 5. The van der Waals surface area contributed by atoms with Crippen molar-refractivity contribution in [2.75, 3.05) is 6.61 Å². The third-order valence-corrected chi connectivity index (χ3v) is 4.77. The number of nitrogens with one attached hydrogen (secondary N) is 1. The standard InChI is InChI=1S/C19H15N3O2S/c1-2-24-19(23)16-15(12-8-4-3-5-9-12)22-18(25-16)17-20-13-10-6-7-11-14(13)21-17/h3-11H,2H2,1H3,(H,20,21). The lowest BCUT2D eigenvalue weighted by Gasteiger charge is -2.01. The zero-order valence-corrected chi connectivity index (χ0v) is 14.3. The summed E-state index contributed by atoms with van der Waals surface area (Å²) in [5.74, 6) is 0.292. The minimum absolute atomic E-state index is 0.324. The van der Waals surface area contributed by atoms with Crippen molar-refractivity contribution in [2.24, 2.45) is 0 Å². The molecule has 0 aliphatic heterocycles. The molecule has 0 fully saturated rings. The number of aromatic nitrogens is 3. The molecule has 124 valence electrons. The van der Waals surface area contributed by atoms with E-state index in [4.69, 9.17) is 4.74 Å². The average molecular weight is 349 g/mol. The summed E-state index contributed by atoms with van der Waals surface area (Å²) in [5.41, 5.74) is 3.31. The Morgan fingerprint density at radius 3 is 2.60 bits per heavy atom. The minimum Gasteiger partial charge on any atom is -0.462 e. The number of aromatic amines is 1. The quantitative estimate of drug-likeness (QED) is 0.550. The van der Waals surface area contributed by atoms with Crippen molar-refractivity contribution in [1.82, 2.24) is 15.0 Å². The van der Waals surface area contributed by atoms with Gasteiger partial charge in [-0.3, -0.25) is 0 Å². The molecule has 4 rings (SSSR count). The molecule has 2 heterocycles. The number of rotatable bonds is 4. The molecule has 0 aliphatic rings. The molecule has 0 aliphatic carbocycles. The van der Waals surface area contributed by atoms with Crippen molar-refractivity contribution < 1.29 is 9.53 Å². The van der Waals surface area contributed by atoms with E-state index in [-0.39, 0.29) is 5.97 Å². The van der Waals surface area contributed by atoms with Crippen molar-refractivity contribution in [3.05, 3.63) is 59.5 Å². The zero-order chi connectivity index (χ0) is 17.2. The summed E-state index contributed by atoms with van der Waals surface area (Å²) < 4.78 is 5.20. The first-order valence-corrected chi connectivity index (χ1v) is 8.76. The summed E-state index contributed by atoms with van der Waals surface area (Å²) in [5, 5.41) is 0.665. The van der Waals surface area contributed by atoms with Gasteiger partial charge >= 0.3 is 5.97 Å². The van der Waals surface area contributed by atoms with Crippen LogP contribution in [0.25, 0.3) is 33.1 Å². The molecule has 5 nitrogen and oxygen atoms in total. The predicted octanol–water partition coefficient (Wildman–Crippen LogP) is 4.53. The van der Waals surface area contributed by atoms with Crippen LogP contribution in [-0.4, -0.2) is 27.5 Å². The summed E-state index contributed by atoms with van der Waals surface area (Å²) in [6.45, 7) is 2.12. The molecule has 0 amide bonds. The molecule has 0 saturated carbocycles. The van der Waals surface area contributed by atoms with Crippen LogP contribution in [-0.2, 0) is 4.74 Å². The fourth-order valence-corrected chi connectivity index (χ4v) is 3.53. The number of imidazole rings is 1. The largest absolute Gasteiger partial charge is 0.462 e. The molecule has 0 saturated heterocycles. The highest BCUT2D eigenvalue weighted by atomic mass is 32.1. The Balaban J connectivity index is 1.85. The third-order valence-electron chi connectivity index (χ3n) is 3.73. The monoisotopic (exact) mass is 349 g/mol. The molecule has 0 spiro atoms. The van der Waals surface area contributed by atoms with Crippen LogP contribution >= 0.6 is 11.3 Å². The van der Waals surface area contributed by atoms with Crippen molar-refractivity contribution >= 4 is 28.3 Å². The number of ether oxygens (including phenoxy) is 1. The topological polar surface area (TPSA) is 67.9 Å². The molecular formula is C19H15N3O2S. The molecule has 25 heavy (non-hydrogen) atoms. The van der Waals surface area contributed by atoms with E-state index >= 15 is 0 Å². The first kappa shape index (κ1) is 15.5. The molecule has 6 heteroatoms. The van der Waals surface area contributed by atoms with Gasteiger partial charge in [0.1, 0.15) is 4.88 Å². The van der Waals surface area contributed by atoms with Crippen LogP contribution in [0, 0.1) is 0 Å². The van der Waals surface area contributed by atoms with Gasteiger partial charge in [0.15, 0.2) is 10.8 Å². The Morgan fingerprint density at radius 1 is 1.08 bits per heavy atom. The highest BCUT2D eigenvalue weighted by Crippen LogP contribution is 2.34. The number of para-hydroxylation sites is 2. The van der Waals surface area contributed by atoms with Crippen LogP contribution in [0.4, 0.5) is 0 Å². The second-order valence-electron chi connectivity index (χ2n) is 5.39. The Labute approximate surface area is 148 Å². The van der Waals surface area contributed by atoms with Gasteiger partial charge in [-0.25, -0.2) is 14.8 Å². The second kappa shape index (κ2) is 6.49. The lowest BCUT2D eigenvalue weighted by molar-refractivity contribution is 0.0532. The smallest absolute Gasteiger partial charge is 0.350 e. The zero-order valence-electron chi connectivity index (χ0n) is 13.5. The molecule has 4 aromatic rings. The number of fused-ring (bicyclic) bond motifs is 1. The van der Waals surface area contributed by atoms with Crippen LogP contribution in [0.5, 0.6) is 0 Å². The van der Waals surface area contributed by atoms with Gasteiger partial charge in [0.2, 0.25) is 0 Å². The lowest BCUT2D eigenvalue weighted by atomic mass is 10.1. The highest BCUT2D eigenvalue weighted by Gasteiger charge is 2.22. The maximum Gasteiger partial charge on any atom is 0.350 e. The fraction of sp³-hybridized carbons (Fsp3) is 0.105. The van der Waals surface area contributed by atoms with Gasteiger partial charge in [-0.2, -0.15) is 0 Å². The maximum atomic E-state index is 12.4. The van der Waals surface area contributed by atoms with E-state index in [0.29, 0.717) is 28.0 Å². The third kappa shape index (κ3) is 2.92. The van der Waals surface area contributed by atoms with Gasteiger partial charge in [0.05, 0.1) is 23.3 Å². The number of hydrogen-bond donors (Lipinski definition) is 1. The van der Waals surface area contributed by atoms with Gasteiger partial charge < -0.3 is 9.72 Å². The molecule has 2 aromatic heterocycles. The van der Waals surface area contributed by atoms with Crippen molar-refractivity contribution in [2.45, 2.75) is 6.92 Å². The Morgan fingerprint density at radius 2 is 1.84 bits per heavy atom. The van der Waals surface area contributed by atoms with E-state index in [1.165, 1.54) is 11.3 Å². The predicted molar refractivity (Wildman–Crippen MR) is 98.6 cm³/mol. The van der Waals surface area contributed by atoms with E-state index in [9.17, 15) is 4.79 Å². The SMILES string of the molecule is CCOC(=O)c1sc(-c2nc3ccccc3[nH]2)nc1-c1ccccc1. The number of carbonyl (C=O) groups excluding carboxylic acids is 1. The summed E-state index contributed by atoms with van der Waals surface area (Å²) in [6.07, 6.45) is 0.